The summed E-state index contributed by atoms with van der Waals surface area (Å²) in [5, 5.41) is 0. The molecule has 1 aliphatic carbocycles. The van der Waals surface area contributed by atoms with Gasteiger partial charge in [0.2, 0.25) is 21.8 Å². The lowest BCUT2D eigenvalue weighted by atomic mass is 9.85. The van der Waals surface area contributed by atoms with Crippen LogP contribution >= 0.6 is 0 Å². The molecule has 0 radical (unpaired) electrons. The zero-order valence-corrected chi connectivity index (χ0v) is 18.5. The maximum atomic E-state index is 13.0. The fraction of sp³-hybridized carbons (Fsp3) is 0.333. The fourth-order valence-corrected chi connectivity index (χ4v) is 6.12. The van der Waals surface area contributed by atoms with Crippen molar-refractivity contribution in [1.82, 2.24) is 9.21 Å². The third-order valence-electron chi connectivity index (χ3n) is 6.42. The van der Waals surface area contributed by atoms with E-state index < -0.39 is 10.0 Å². The van der Waals surface area contributed by atoms with Crippen molar-refractivity contribution in [2.24, 2.45) is 11.8 Å². The summed E-state index contributed by atoms with van der Waals surface area (Å²) in [4.78, 5) is 26.9. The van der Waals surface area contributed by atoms with Crippen LogP contribution in [0.2, 0.25) is 0 Å². The first-order chi connectivity index (χ1) is 15.3. The molecule has 2 heterocycles. The van der Waals surface area contributed by atoms with Crippen molar-refractivity contribution in [2.75, 3.05) is 13.1 Å². The molecule has 2 unspecified atom stereocenters. The van der Waals surface area contributed by atoms with E-state index in [0.29, 0.717) is 24.3 Å². The van der Waals surface area contributed by atoms with Crippen molar-refractivity contribution in [3.63, 3.8) is 0 Å². The normalized spacial score (nSPS) is 23.8. The summed E-state index contributed by atoms with van der Waals surface area (Å²) in [5.41, 5.74) is 1.07. The molecule has 3 aliphatic rings. The monoisotopic (exact) mass is 452 g/mol. The van der Waals surface area contributed by atoms with Crippen LogP contribution in [0.4, 0.5) is 0 Å². The predicted octanol–water partition coefficient (Wildman–Crippen LogP) is 3.11. The number of carbonyl (C=O) groups is 2. The van der Waals surface area contributed by atoms with E-state index in [1.54, 1.807) is 12.1 Å². The van der Waals surface area contributed by atoms with E-state index in [0.717, 1.165) is 5.56 Å². The summed E-state index contributed by atoms with van der Waals surface area (Å²) in [6.07, 6.45) is 5.05. The van der Waals surface area contributed by atoms with Gasteiger partial charge in [-0.05, 0) is 61.7 Å². The largest absolute Gasteiger partial charge is 0.457 e. The second-order valence-electron chi connectivity index (χ2n) is 8.57. The molecule has 2 amide bonds. The Morgan fingerprint density at radius 2 is 1.50 bits per heavy atom. The average Bonchev–Trinajstić information content (AvgIpc) is 2.99. The second-order valence-corrected chi connectivity index (χ2v) is 10.5. The predicted molar refractivity (Wildman–Crippen MR) is 117 cm³/mol. The molecular weight excluding hydrogens is 428 g/mol. The van der Waals surface area contributed by atoms with Gasteiger partial charge in [0.25, 0.3) is 0 Å². The molecule has 2 saturated heterocycles. The van der Waals surface area contributed by atoms with Gasteiger partial charge in [-0.15, -0.1) is 0 Å². The summed E-state index contributed by atoms with van der Waals surface area (Å²) in [6, 6.07) is 13.5. The van der Waals surface area contributed by atoms with Crippen molar-refractivity contribution < 1.29 is 22.7 Å². The van der Waals surface area contributed by atoms with Crippen LogP contribution in [0.25, 0.3) is 0 Å². The van der Waals surface area contributed by atoms with Gasteiger partial charge in [-0.25, -0.2) is 8.42 Å². The van der Waals surface area contributed by atoms with Crippen LogP contribution in [-0.4, -0.2) is 48.6 Å². The first kappa shape index (κ1) is 20.9. The minimum atomic E-state index is -3.71. The minimum absolute atomic E-state index is 0.133. The number of hydrogen-bond acceptors (Lipinski definition) is 5. The molecule has 5 rings (SSSR count). The quantitative estimate of drug-likeness (QED) is 0.514. The van der Waals surface area contributed by atoms with Crippen LogP contribution in [0.3, 0.4) is 0 Å². The van der Waals surface area contributed by atoms with E-state index in [2.05, 4.69) is 0 Å². The Bertz CT molecular complexity index is 1170. The number of nitrogens with zero attached hydrogens (tertiary/aromatic N) is 2. The van der Waals surface area contributed by atoms with Gasteiger partial charge < -0.3 is 4.74 Å². The van der Waals surface area contributed by atoms with E-state index in [1.165, 1.54) is 21.3 Å². The molecule has 0 bridgehead atoms. The Morgan fingerprint density at radius 3 is 2.09 bits per heavy atom. The third kappa shape index (κ3) is 3.53. The van der Waals surface area contributed by atoms with Crippen molar-refractivity contribution in [3.05, 3.63) is 66.2 Å². The molecule has 8 heteroatoms. The van der Waals surface area contributed by atoms with E-state index in [4.69, 9.17) is 4.74 Å². The zero-order valence-electron chi connectivity index (χ0n) is 17.7. The van der Waals surface area contributed by atoms with Gasteiger partial charge in [0.1, 0.15) is 11.5 Å². The van der Waals surface area contributed by atoms with Gasteiger partial charge in [-0.3, -0.25) is 14.5 Å². The highest BCUT2D eigenvalue weighted by molar-refractivity contribution is 7.89. The number of carbonyl (C=O) groups excluding carboxylic acids is 2. The maximum Gasteiger partial charge on any atom is 0.243 e. The number of benzene rings is 2. The summed E-state index contributed by atoms with van der Waals surface area (Å²) in [5.74, 6) is 0.314. The lowest BCUT2D eigenvalue weighted by Gasteiger charge is -2.42. The highest BCUT2D eigenvalue weighted by Gasteiger charge is 2.53. The SMILES string of the molecule is Cc1cccc(Oc2ccc(S(=O)(=O)N3CC(N4C(=O)C5CC=CCC5C4=O)C3)cc2)c1. The summed E-state index contributed by atoms with van der Waals surface area (Å²) in [7, 11) is -3.71. The molecule has 0 N–H and O–H groups in total. The second kappa shape index (κ2) is 7.86. The van der Waals surface area contributed by atoms with Crippen molar-refractivity contribution >= 4 is 21.8 Å². The molecule has 2 aromatic carbocycles. The number of hydrogen-bond donors (Lipinski definition) is 0. The number of ether oxygens (including phenoxy) is 1. The lowest BCUT2D eigenvalue weighted by Crippen LogP contribution is -2.62. The molecule has 7 nitrogen and oxygen atoms in total. The van der Waals surface area contributed by atoms with Gasteiger partial charge in [-0.1, -0.05) is 24.3 Å². The Morgan fingerprint density at radius 1 is 0.875 bits per heavy atom. The van der Waals surface area contributed by atoms with Crippen molar-refractivity contribution in [3.8, 4) is 11.5 Å². The maximum absolute atomic E-state index is 13.0. The summed E-state index contributed by atoms with van der Waals surface area (Å²) < 4.78 is 33.1. The number of amides is 2. The van der Waals surface area contributed by atoms with E-state index >= 15 is 0 Å². The number of imide groups is 1. The van der Waals surface area contributed by atoms with Gasteiger partial charge in [-0.2, -0.15) is 4.31 Å². The molecule has 0 aromatic heterocycles. The highest BCUT2D eigenvalue weighted by atomic mass is 32.2. The van der Waals surface area contributed by atoms with Gasteiger partial charge in [0.15, 0.2) is 0 Å². The number of allylic oxidation sites excluding steroid dienone is 2. The Hall–Kier alpha value is -2.97. The third-order valence-corrected chi connectivity index (χ3v) is 8.27. The van der Waals surface area contributed by atoms with Crippen LogP contribution in [-0.2, 0) is 19.6 Å². The number of aryl methyl sites for hydroxylation is 1. The Balaban J connectivity index is 1.24. The highest BCUT2D eigenvalue weighted by Crippen LogP contribution is 2.38. The molecule has 2 fully saturated rings. The topological polar surface area (TPSA) is 84.0 Å². The number of rotatable bonds is 5. The smallest absolute Gasteiger partial charge is 0.243 e. The fourth-order valence-electron chi connectivity index (χ4n) is 4.61. The van der Waals surface area contributed by atoms with Crippen LogP contribution in [0.5, 0.6) is 11.5 Å². The lowest BCUT2D eigenvalue weighted by molar-refractivity contribution is -0.145. The van der Waals surface area contributed by atoms with Gasteiger partial charge in [0, 0.05) is 13.1 Å². The standard InChI is InChI=1S/C24H24N2O5S/c1-16-5-4-6-19(13-16)31-18-9-11-20(12-10-18)32(29,30)25-14-17(15-25)26-23(27)21-7-2-3-8-22(21)24(26)28/h2-6,9-13,17,21-22H,7-8,14-15H2,1H3. The van der Waals surface area contributed by atoms with E-state index in [-0.39, 0.29) is 47.7 Å². The molecule has 0 spiro atoms. The van der Waals surface area contributed by atoms with E-state index in [1.807, 2.05) is 43.3 Å². The number of likely N-dealkylation sites (tertiary alicyclic amines) is 1. The van der Waals surface area contributed by atoms with Crippen LogP contribution in [0, 0.1) is 18.8 Å². The molecular formula is C24H24N2O5S. The van der Waals surface area contributed by atoms with Gasteiger partial charge in [0.05, 0.1) is 22.8 Å². The first-order valence-electron chi connectivity index (χ1n) is 10.7. The molecule has 2 atom stereocenters. The number of fused-ring (bicyclic) bond motifs is 1. The van der Waals surface area contributed by atoms with Gasteiger partial charge >= 0.3 is 0 Å². The molecule has 2 aromatic rings. The van der Waals surface area contributed by atoms with Crippen molar-refractivity contribution in [2.45, 2.75) is 30.7 Å². The van der Waals surface area contributed by atoms with Crippen LogP contribution < -0.4 is 4.74 Å². The molecule has 32 heavy (non-hydrogen) atoms. The number of sulfonamides is 1. The summed E-state index contributed by atoms with van der Waals surface area (Å²) >= 11 is 0. The molecule has 2 aliphatic heterocycles. The Kier molecular flexibility index (Phi) is 5.14. The van der Waals surface area contributed by atoms with Crippen molar-refractivity contribution in [1.29, 1.82) is 0 Å². The Labute approximate surface area is 187 Å². The molecule has 166 valence electrons. The minimum Gasteiger partial charge on any atom is -0.457 e. The molecule has 0 saturated carbocycles. The zero-order chi connectivity index (χ0) is 22.5. The van der Waals surface area contributed by atoms with Crippen LogP contribution in [0.1, 0.15) is 18.4 Å². The average molecular weight is 453 g/mol. The summed E-state index contributed by atoms with van der Waals surface area (Å²) in [6.45, 7) is 2.24. The van der Waals surface area contributed by atoms with E-state index in [9.17, 15) is 18.0 Å². The van der Waals surface area contributed by atoms with Crippen LogP contribution in [0.15, 0.2) is 65.6 Å². The first-order valence-corrected chi connectivity index (χ1v) is 12.2.